The third kappa shape index (κ3) is 4.07. The molecule has 1 atom stereocenters. The molecule has 0 aliphatic heterocycles. The predicted molar refractivity (Wildman–Crippen MR) is 103 cm³/mol. The van der Waals surface area contributed by atoms with Gasteiger partial charge in [-0.05, 0) is 41.8 Å². The number of nitrogens with one attached hydrogen (secondary N) is 1. The number of carbonyl (C=O) groups is 1. The molecule has 1 aromatic carbocycles. The predicted octanol–water partition coefficient (Wildman–Crippen LogP) is 5.24. The summed E-state index contributed by atoms with van der Waals surface area (Å²) in [4.78, 5) is 15.0. The molecule has 0 aliphatic rings. The van der Waals surface area contributed by atoms with Crippen molar-refractivity contribution in [2.75, 3.05) is 0 Å². The second-order valence-corrected chi connectivity index (χ2v) is 8.53. The van der Waals surface area contributed by atoms with Crippen LogP contribution in [-0.2, 0) is 6.54 Å². The number of amides is 1. The van der Waals surface area contributed by atoms with E-state index in [4.69, 9.17) is 11.6 Å². The summed E-state index contributed by atoms with van der Waals surface area (Å²) in [7, 11) is 0. The Kier molecular flexibility index (Phi) is 5.73. The monoisotopic (exact) mass is 441 g/mol. The molecule has 3 nitrogen and oxygen atoms in total. The maximum Gasteiger partial charge on any atom is 0.253 e. The molecule has 2 N–H and O–H groups in total. The molecule has 0 bridgehead atoms. The second-order valence-electron chi connectivity index (χ2n) is 5.03. The lowest BCUT2D eigenvalue weighted by Crippen LogP contribution is -2.22. The van der Waals surface area contributed by atoms with Gasteiger partial charge in [0.1, 0.15) is 6.10 Å². The summed E-state index contributed by atoms with van der Waals surface area (Å²) < 4.78 is 0.800. The fourth-order valence-corrected chi connectivity index (χ4v) is 4.48. The van der Waals surface area contributed by atoms with E-state index in [1.54, 1.807) is 18.2 Å². The first-order valence-corrected chi connectivity index (χ1v) is 9.94. The Bertz CT molecular complexity index is 848. The van der Waals surface area contributed by atoms with Crippen LogP contribution in [0.2, 0.25) is 5.02 Å². The molecule has 0 aliphatic carbocycles. The molecular formula is C17H13BrClNO2S2. The number of hydrogen-bond donors (Lipinski definition) is 2. The molecule has 0 saturated carbocycles. The van der Waals surface area contributed by atoms with Crippen molar-refractivity contribution in [2.45, 2.75) is 12.6 Å². The zero-order chi connectivity index (χ0) is 17.1. The van der Waals surface area contributed by atoms with E-state index in [-0.39, 0.29) is 5.91 Å². The van der Waals surface area contributed by atoms with Crippen LogP contribution in [-0.4, -0.2) is 11.0 Å². The fourth-order valence-electron chi connectivity index (χ4n) is 2.16. The molecule has 24 heavy (non-hydrogen) atoms. The van der Waals surface area contributed by atoms with Gasteiger partial charge in [0.2, 0.25) is 0 Å². The Hall–Kier alpha value is -1.18. The number of rotatable bonds is 5. The number of halogens is 2. The highest BCUT2D eigenvalue weighted by molar-refractivity contribution is 9.10. The van der Waals surface area contributed by atoms with Gasteiger partial charge in [-0.15, -0.1) is 22.7 Å². The minimum atomic E-state index is -0.612. The first-order chi connectivity index (χ1) is 11.5. The highest BCUT2D eigenvalue weighted by atomic mass is 79.9. The molecule has 0 fully saturated rings. The normalized spacial score (nSPS) is 12.1. The van der Waals surface area contributed by atoms with Crippen molar-refractivity contribution in [3.63, 3.8) is 0 Å². The largest absolute Gasteiger partial charge is 0.382 e. The van der Waals surface area contributed by atoms with Gasteiger partial charge in [0, 0.05) is 19.1 Å². The van der Waals surface area contributed by atoms with Crippen LogP contribution < -0.4 is 5.32 Å². The minimum absolute atomic E-state index is 0.227. The maximum atomic E-state index is 12.3. The SMILES string of the molecule is O=C(NCc1ccc([C@@H](O)c2cccs2)s1)c1cc(Br)ccc1Cl. The van der Waals surface area contributed by atoms with Crippen LogP contribution in [0.1, 0.15) is 31.1 Å². The van der Waals surface area contributed by atoms with Gasteiger partial charge in [-0.2, -0.15) is 0 Å². The van der Waals surface area contributed by atoms with E-state index in [2.05, 4.69) is 21.2 Å². The van der Waals surface area contributed by atoms with Crippen molar-refractivity contribution in [2.24, 2.45) is 0 Å². The molecule has 3 aromatic rings. The third-order valence-corrected chi connectivity index (χ3v) is 6.25. The highest BCUT2D eigenvalue weighted by Crippen LogP contribution is 2.31. The molecule has 0 spiro atoms. The number of aliphatic hydroxyl groups excluding tert-OH is 1. The van der Waals surface area contributed by atoms with Gasteiger partial charge in [-0.1, -0.05) is 33.6 Å². The third-order valence-electron chi connectivity index (χ3n) is 3.36. The average molecular weight is 443 g/mol. The van der Waals surface area contributed by atoms with E-state index >= 15 is 0 Å². The smallest absolute Gasteiger partial charge is 0.253 e. The van der Waals surface area contributed by atoms with Gasteiger partial charge < -0.3 is 10.4 Å². The van der Waals surface area contributed by atoms with Gasteiger partial charge >= 0.3 is 0 Å². The van der Waals surface area contributed by atoms with Crippen molar-refractivity contribution in [1.82, 2.24) is 5.32 Å². The minimum Gasteiger partial charge on any atom is -0.382 e. The van der Waals surface area contributed by atoms with Crippen LogP contribution in [0.15, 0.2) is 52.3 Å². The van der Waals surface area contributed by atoms with E-state index < -0.39 is 6.10 Å². The Morgan fingerprint density at radius 1 is 1.25 bits per heavy atom. The Labute approximate surface area is 161 Å². The van der Waals surface area contributed by atoms with Gasteiger partial charge in [0.25, 0.3) is 5.91 Å². The zero-order valence-corrected chi connectivity index (χ0v) is 16.3. The van der Waals surface area contributed by atoms with Crippen molar-refractivity contribution in [1.29, 1.82) is 0 Å². The Morgan fingerprint density at radius 2 is 2.08 bits per heavy atom. The van der Waals surface area contributed by atoms with Crippen LogP contribution >= 0.6 is 50.2 Å². The molecule has 0 radical (unpaired) electrons. The van der Waals surface area contributed by atoms with E-state index in [1.807, 2.05) is 29.6 Å². The number of aliphatic hydroxyl groups is 1. The Balaban J connectivity index is 1.65. The summed E-state index contributed by atoms with van der Waals surface area (Å²) in [5.74, 6) is -0.227. The van der Waals surface area contributed by atoms with Crippen LogP contribution in [0.5, 0.6) is 0 Å². The number of hydrogen-bond acceptors (Lipinski definition) is 4. The van der Waals surface area contributed by atoms with Crippen molar-refractivity contribution in [3.05, 3.63) is 77.5 Å². The van der Waals surface area contributed by atoms with Crippen LogP contribution in [0.3, 0.4) is 0 Å². The molecule has 0 unspecified atom stereocenters. The molecule has 1 amide bonds. The standard InChI is InChI=1S/C17H13BrClNO2S2/c18-10-3-5-13(19)12(8-10)17(22)20-9-11-4-6-15(24-11)16(21)14-2-1-7-23-14/h1-8,16,21H,9H2,(H,20,22)/t16-/m0/s1. The number of thiophene rings is 2. The fraction of sp³-hybridized carbons (Fsp3) is 0.118. The molecular weight excluding hydrogens is 430 g/mol. The molecule has 124 valence electrons. The lowest BCUT2D eigenvalue weighted by atomic mass is 10.2. The topological polar surface area (TPSA) is 49.3 Å². The molecule has 7 heteroatoms. The summed E-state index contributed by atoms with van der Waals surface area (Å²) in [5, 5.41) is 15.5. The summed E-state index contributed by atoms with van der Waals surface area (Å²) in [6.07, 6.45) is -0.612. The first kappa shape index (κ1) is 17.6. The molecule has 3 rings (SSSR count). The molecule has 2 heterocycles. The first-order valence-electron chi connectivity index (χ1n) is 7.08. The van der Waals surface area contributed by atoms with E-state index in [0.717, 1.165) is 19.1 Å². The van der Waals surface area contributed by atoms with Gasteiger partial charge in [-0.3, -0.25) is 4.79 Å². The van der Waals surface area contributed by atoms with Crippen LogP contribution in [0, 0.1) is 0 Å². The summed E-state index contributed by atoms with van der Waals surface area (Å²) >= 11 is 12.4. The summed E-state index contributed by atoms with van der Waals surface area (Å²) in [6.45, 7) is 0.392. The lowest BCUT2D eigenvalue weighted by molar-refractivity contribution is 0.0951. The lowest BCUT2D eigenvalue weighted by Gasteiger charge is -2.07. The van der Waals surface area contributed by atoms with E-state index in [1.165, 1.54) is 22.7 Å². The summed E-state index contributed by atoms with van der Waals surface area (Å²) in [6, 6.07) is 12.8. The molecule has 0 saturated heterocycles. The van der Waals surface area contributed by atoms with E-state index in [0.29, 0.717) is 17.1 Å². The number of benzene rings is 1. The second kappa shape index (κ2) is 7.80. The maximum absolute atomic E-state index is 12.3. The van der Waals surface area contributed by atoms with Crippen molar-refractivity contribution in [3.8, 4) is 0 Å². The van der Waals surface area contributed by atoms with Gasteiger partial charge in [0.15, 0.2) is 0 Å². The molecule has 2 aromatic heterocycles. The summed E-state index contributed by atoms with van der Waals surface area (Å²) in [5.41, 5.74) is 0.432. The van der Waals surface area contributed by atoms with Gasteiger partial charge in [-0.25, -0.2) is 0 Å². The van der Waals surface area contributed by atoms with Crippen LogP contribution in [0.25, 0.3) is 0 Å². The van der Waals surface area contributed by atoms with Gasteiger partial charge in [0.05, 0.1) is 17.1 Å². The van der Waals surface area contributed by atoms with Crippen molar-refractivity contribution >= 4 is 56.1 Å². The quantitative estimate of drug-likeness (QED) is 0.568. The van der Waals surface area contributed by atoms with Crippen molar-refractivity contribution < 1.29 is 9.90 Å². The Morgan fingerprint density at radius 3 is 2.83 bits per heavy atom. The van der Waals surface area contributed by atoms with Crippen LogP contribution in [0.4, 0.5) is 0 Å². The average Bonchev–Trinajstić information content (AvgIpc) is 3.26. The van der Waals surface area contributed by atoms with E-state index in [9.17, 15) is 9.90 Å². The highest BCUT2D eigenvalue weighted by Gasteiger charge is 2.15. The zero-order valence-electron chi connectivity index (χ0n) is 12.3. The number of carbonyl (C=O) groups excluding carboxylic acids is 1.